The van der Waals surface area contributed by atoms with Gasteiger partial charge in [0.25, 0.3) is 5.91 Å². The quantitative estimate of drug-likeness (QED) is 0.783. The molecule has 3 rings (SSSR count). The number of amides is 2. The van der Waals surface area contributed by atoms with Gasteiger partial charge in [-0.2, -0.15) is 0 Å². The fraction of sp³-hybridized carbons (Fsp3) is 0.391. The zero-order chi connectivity index (χ0) is 20.6. The number of nitrogens with zero attached hydrogens (tertiary/aromatic N) is 2. The second kappa shape index (κ2) is 10.1. The highest BCUT2D eigenvalue weighted by atomic mass is 16.5. The Kier molecular flexibility index (Phi) is 7.25. The average Bonchev–Trinajstić information content (AvgIpc) is 2.73. The van der Waals surface area contributed by atoms with Gasteiger partial charge in [0, 0.05) is 31.9 Å². The third-order valence-corrected chi connectivity index (χ3v) is 5.12. The maximum Gasteiger partial charge on any atom is 0.260 e. The van der Waals surface area contributed by atoms with Gasteiger partial charge in [0.15, 0.2) is 6.61 Å². The Labute approximate surface area is 172 Å². The number of para-hydroxylation sites is 1. The minimum absolute atomic E-state index is 0.0199. The van der Waals surface area contributed by atoms with Crippen LogP contribution in [0.2, 0.25) is 0 Å². The molecule has 0 atom stereocenters. The van der Waals surface area contributed by atoms with Crippen molar-refractivity contribution >= 4 is 17.5 Å². The van der Waals surface area contributed by atoms with Gasteiger partial charge in [-0.3, -0.25) is 14.5 Å². The summed E-state index contributed by atoms with van der Waals surface area (Å²) < 4.78 is 5.61. The number of ether oxygens (including phenoxy) is 1. The molecule has 2 aromatic rings. The van der Waals surface area contributed by atoms with Gasteiger partial charge in [0.1, 0.15) is 5.75 Å². The molecule has 1 aliphatic heterocycles. The zero-order valence-corrected chi connectivity index (χ0v) is 17.2. The summed E-state index contributed by atoms with van der Waals surface area (Å²) in [5.74, 6) is 0.668. The van der Waals surface area contributed by atoms with E-state index in [9.17, 15) is 9.59 Å². The monoisotopic (exact) mass is 395 g/mol. The van der Waals surface area contributed by atoms with Crippen molar-refractivity contribution < 1.29 is 14.3 Å². The SMILES string of the molecule is CCc1ccccc1NC(=O)CN1CCN(C(=O)COc2cccc(C)c2)CC1. The number of hydrogen-bond acceptors (Lipinski definition) is 4. The van der Waals surface area contributed by atoms with Crippen LogP contribution in [0.15, 0.2) is 48.5 Å². The third-order valence-electron chi connectivity index (χ3n) is 5.12. The second-order valence-corrected chi connectivity index (χ2v) is 7.32. The number of hydrogen-bond donors (Lipinski definition) is 1. The van der Waals surface area contributed by atoms with Crippen molar-refractivity contribution in [3.8, 4) is 5.75 Å². The van der Waals surface area contributed by atoms with E-state index in [1.807, 2.05) is 55.5 Å². The Morgan fingerprint density at radius 1 is 1.03 bits per heavy atom. The lowest BCUT2D eigenvalue weighted by Crippen LogP contribution is -2.51. The molecule has 0 radical (unpaired) electrons. The van der Waals surface area contributed by atoms with Gasteiger partial charge in [-0.05, 0) is 42.7 Å². The second-order valence-electron chi connectivity index (χ2n) is 7.32. The van der Waals surface area contributed by atoms with Crippen LogP contribution in [0.25, 0.3) is 0 Å². The topological polar surface area (TPSA) is 61.9 Å². The van der Waals surface area contributed by atoms with Gasteiger partial charge in [-0.1, -0.05) is 37.3 Å². The molecule has 0 bridgehead atoms. The van der Waals surface area contributed by atoms with Crippen LogP contribution in [-0.4, -0.2) is 60.9 Å². The van der Waals surface area contributed by atoms with Crippen LogP contribution in [-0.2, 0) is 16.0 Å². The zero-order valence-electron chi connectivity index (χ0n) is 17.2. The molecule has 1 heterocycles. The molecule has 0 aliphatic carbocycles. The summed E-state index contributed by atoms with van der Waals surface area (Å²) >= 11 is 0. The van der Waals surface area contributed by atoms with E-state index in [1.165, 1.54) is 0 Å². The summed E-state index contributed by atoms with van der Waals surface area (Å²) in [5, 5.41) is 3.00. The Morgan fingerprint density at radius 3 is 2.52 bits per heavy atom. The summed E-state index contributed by atoms with van der Waals surface area (Å²) in [6.07, 6.45) is 0.877. The molecule has 6 heteroatoms. The summed E-state index contributed by atoms with van der Waals surface area (Å²) in [6, 6.07) is 15.5. The first-order valence-electron chi connectivity index (χ1n) is 10.1. The Morgan fingerprint density at radius 2 is 1.79 bits per heavy atom. The highest BCUT2D eigenvalue weighted by molar-refractivity contribution is 5.93. The van der Waals surface area contributed by atoms with Crippen LogP contribution in [0.1, 0.15) is 18.1 Å². The van der Waals surface area contributed by atoms with Crippen LogP contribution >= 0.6 is 0 Å². The summed E-state index contributed by atoms with van der Waals surface area (Å²) in [6.45, 7) is 7.01. The van der Waals surface area contributed by atoms with Crippen molar-refractivity contribution in [2.24, 2.45) is 0 Å². The molecule has 29 heavy (non-hydrogen) atoms. The molecular weight excluding hydrogens is 366 g/mol. The summed E-state index contributed by atoms with van der Waals surface area (Å²) in [5.41, 5.74) is 3.11. The van der Waals surface area contributed by atoms with Crippen LogP contribution in [0.3, 0.4) is 0 Å². The van der Waals surface area contributed by atoms with E-state index >= 15 is 0 Å². The molecule has 0 spiro atoms. The lowest BCUT2D eigenvalue weighted by atomic mass is 10.1. The maximum absolute atomic E-state index is 12.4. The number of rotatable bonds is 7. The first-order chi connectivity index (χ1) is 14.0. The minimum atomic E-state index is -0.0209. The summed E-state index contributed by atoms with van der Waals surface area (Å²) in [4.78, 5) is 28.7. The van der Waals surface area contributed by atoms with E-state index in [-0.39, 0.29) is 18.4 Å². The van der Waals surface area contributed by atoms with Crippen molar-refractivity contribution in [3.05, 3.63) is 59.7 Å². The van der Waals surface area contributed by atoms with Crippen molar-refractivity contribution in [1.29, 1.82) is 0 Å². The van der Waals surface area contributed by atoms with E-state index in [2.05, 4.69) is 17.1 Å². The number of piperazine rings is 1. The van der Waals surface area contributed by atoms with E-state index < -0.39 is 0 Å². The number of carbonyl (C=O) groups excluding carboxylic acids is 2. The molecule has 2 amide bonds. The number of nitrogens with one attached hydrogen (secondary N) is 1. The molecular formula is C23H29N3O3. The highest BCUT2D eigenvalue weighted by Gasteiger charge is 2.23. The predicted octanol–water partition coefficient (Wildman–Crippen LogP) is 2.72. The fourth-order valence-corrected chi connectivity index (χ4v) is 3.44. The molecule has 0 aromatic heterocycles. The molecule has 1 N–H and O–H groups in total. The van der Waals surface area contributed by atoms with Crippen molar-refractivity contribution in [3.63, 3.8) is 0 Å². The van der Waals surface area contributed by atoms with Crippen LogP contribution in [0.5, 0.6) is 5.75 Å². The van der Waals surface area contributed by atoms with E-state index in [0.29, 0.717) is 38.5 Å². The smallest absolute Gasteiger partial charge is 0.260 e. The minimum Gasteiger partial charge on any atom is -0.484 e. The van der Waals surface area contributed by atoms with Crippen molar-refractivity contribution in [2.75, 3.05) is 44.6 Å². The molecule has 2 aromatic carbocycles. The van der Waals surface area contributed by atoms with Gasteiger partial charge < -0.3 is 15.0 Å². The highest BCUT2D eigenvalue weighted by Crippen LogP contribution is 2.16. The molecule has 0 saturated carbocycles. The van der Waals surface area contributed by atoms with E-state index in [1.54, 1.807) is 4.90 Å². The van der Waals surface area contributed by atoms with Gasteiger partial charge in [-0.25, -0.2) is 0 Å². The molecule has 1 fully saturated rings. The van der Waals surface area contributed by atoms with Crippen molar-refractivity contribution in [1.82, 2.24) is 9.80 Å². The number of benzene rings is 2. The predicted molar refractivity (Wildman–Crippen MR) is 114 cm³/mol. The summed E-state index contributed by atoms with van der Waals surface area (Å²) in [7, 11) is 0. The molecule has 6 nitrogen and oxygen atoms in total. The van der Waals surface area contributed by atoms with Gasteiger partial charge >= 0.3 is 0 Å². The average molecular weight is 396 g/mol. The van der Waals surface area contributed by atoms with Crippen LogP contribution in [0, 0.1) is 6.92 Å². The standard InChI is InChI=1S/C23H29N3O3/c1-3-19-8-4-5-10-21(19)24-22(27)16-25-11-13-26(14-12-25)23(28)17-29-20-9-6-7-18(2)15-20/h4-10,15H,3,11-14,16-17H2,1-2H3,(H,24,27). The van der Waals surface area contributed by atoms with Gasteiger partial charge in [0.2, 0.25) is 5.91 Å². The molecule has 154 valence electrons. The normalized spacial score (nSPS) is 14.5. The maximum atomic E-state index is 12.4. The Hall–Kier alpha value is -2.86. The lowest BCUT2D eigenvalue weighted by molar-refractivity contribution is -0.135. The van der Waals surface area contributed by atoms with Gasteiger partial charge in [-0.15, -0.1) is 0 Å². The third kappa shape index (κ3) is 6.06. The largest absolute Gasteiger partial charge is 0.484 e. The Balaban J connectivity index is 1.41. The van der Waals surface area contributed by atoms with Gasteiger partial charge in [0.05, 0.1) is 6.54 Å². The number of anilines is 1. The number of aryl methyl sites for hydroxylation is 2. The van der Waals surface area contributed by atoms with Crippen molar-refractivity contribution in [2.45, 2.75) is 20.3 Å². The van der Waals surface area contributed by atoms with Crippen LogP contribution in [0.4, 0.5) is 5.69 Å². The molecule has 1 saturated heterocycles. The fourth-order valence-electron chi connectivity index (χ4n) is 3.44. The van der Waals surface area contributed by atoms with E-state index in [4.69, 9.17) is 4.74 Å². The van der Waals surface area contributed by atoms with E-state index in [0.717, 1.165) is 23.2 Å². The first-order valence-corrected chi connectivity index (χ1v) is 10.1. The number of carbonyl (C=O) groups is 2. The lowest BCUT2D eigenvalue weighted by Gasteiger charge is -2.34. The first kappa shape index (κ1) is 20.9. The Bertz CT molecular complexity index is 845. The molecule has 0 unspecified atom stereocenters. The molecule has 1 aliphatic rings. The van der Waals surface area contributed by atoms with Crippen LogP contribution < -0.4 is 10.1 Å².